The van der Waals surface area contributed by atoms with Crippen LogP contribution in [0.5, 0.6) is 5.75 Å². The molecule has 0 aliphatic heterocycles. The van der Waals surface area contributed by atoms with Gasteiger partial charge in [-0.1, -0.05) is 50.6 Å². The quantitative estimate of drug-likeness (QED) is 0.140. The number of anilines is 1. The molecule has 1 atom stereocenters. The van der Waals surface area contributed by atoms with E-state index in [1.54, 1.807) is 19.1 Å². The van der Waals surface area contributed by atoms with Crippen LogP contribution in [0.4, 0.5) is 11.4 Å². The molecule has 0 aliphatic rings. The Balaban J connectivity index is 2.11. The van der Waals surface area contributed by atoms with Crippen LogP contribution in [0.15, 0.2) is 71.6 Å². The molecule has 0 radical (unpaired) electrons. The summed E-state index contributed by atoms with van der Waals surface area (Å²) in [5, 5.41) is 14.5. The molecule has 0 saturated carbocycles. The van der Waals surface area contributed by atoms with Gasteiger partial charge >= 0.3 is 0 Å². The Kier molecular flexibility index (Phi) is 11.9. The Labute approximate surface area is 259 Å². The number of benzene rings is 3. The number of amides is 2. The maximum Gasteiger partial charge on any atom is 0.273 e. The fourth-order valence-corrected chi connectivity index (χ4v) is 6.18. The van der Waals surface area contributed by atoms with Gasteiger partial charge in [-0.3, -0.25) is 24.0 Å². The first-order valence-electron chi connectivity index (χ1n) is 14.5. The summed E-state index contributed by atoms with van der Waals surface area (Å²) >= 11 is 0. The smallest absolute Gasteiger partial charge is 0.273 e. The summed E-state index contributed by atoms with van der Waals surface area (Å²) in [6.07, 6.45) is 1.96. The lowest BCUT2D eigenvalue weighted by molar-refractivity contribution is -0.385. The predicted octanol–water partition coefficient (Wildman–Crippen LogP) is 5.14. The van der Waals surface area contributed by atoms with Gasteiger partial charge in [0, 0.05) is 24.7 Å². The number of aryl methyl sites for hydroxylation is 2. The zero-order chi connectivity index (χ0) is 32.4. The molecule has 0 fully saturated rings. The van der Waals surface area contributed by atoms with Gasteiger partial charge in [0.2, 0.25) is 11.8 Å². The lowest BCUT2D eigenvalue weighted by atomic mass is 10.1. The second-order valence-corrected chi connectivity index (χ2v) is 12.3. The Morgan fingerprint density at radius 1 is 1.00 bits per heavy atom. The first kappa shape index (κ1) is 34.0. The van der Waals surface area contributed by atoms with Crippen molar-refractivity contribution in [2.45, 2.75) is 64.4 Å². The van der Waals surface area contributed by atoms with E-state index in [9.17, 15) is 28.1 Å². The normalized spacial score (nSPS) is 11.8. The van der Waals surface area contributed by atoms with Gasteiger partial charge in [-0.15, -0.1) is 0 Å². The van der Waals surface area contributed by atoms with Crippen molar-refractivity contribution < 1.29 is 27.7 Å². The lowest BCUT2D eigenvalue weighted by Crippen LogP contribution is -2.52. The first-order chi connectivity index (χ1) is 20.9. The lowest BCUT2D eigenvalue weighted by Gasteiger charge is -2.33. The van der Waals surface area contributed by atoms with Crippen molar-refractivity contribution in [1.29, 1.82) is 0 Å². The Morgan fingerprint density at radius 3 is 2.27 bits per heavy atom. The van der Waals surface area contributed by atoms with Gasteiger partial charge in [-0.25, -0.2) is 8.42 Å². The minimum atomic E-state index is -4.49. The fraction of sp³-hybridized carbons (Fsp3) is 0.375. The number of sulfonamides is 1. The Bertz CT molecular complexity index is 1580. The average Bonchev–Trinajstić information content (AvgIpc) is 3.00. The van der Waals surface area contributed by atoms with Crippen LogP contribution in [-0.4, -0.2) is 56.3 Å². The van der Waals surface area contributed by atoms with Gasteiger partial charge in [0.05, 0.1) is 22.6 Å². The second kappa shape index (κ2) is 15.3. The van der Waals surface area contributed by atoms with Crippen molar-refractivity contribution in [2.24, 2.45) is 0 Å². The minimum Gasteiger partial charge on any atom is -0.497 e. The van der Waals surface area contributed by atoms with Crippen LogP contribution in [0.2, 0.25) is 0 Å². The van der Waals surface area contributed by atoms with Crippen molar-refractivity contribution in [1.82, 2.24) is 10.2 Å². The second-order valence-electron chi connectivity index (χ2n) is 10.4. The highest BCUT2D eigenvalue weighted by Gasteiger charge is 2.34. The van der Waals surface area contributed by atoms with E-state index in [4.69, 9.17) is 4.74 Å². The van der Waals surface area contributed by atoms with Crippen molar-refractivity contribution >= 4 is 33.2 Å². The number of nitro groups is 1. The molecule has 3 rings (SSSR count). The van der Waals surface area contributed by atoms with Crippen LogP contribution in [0.25, 0.3) is 0 Å². The standard InChI is InChI=1S/C32H40N4O7S/c1-6-8-19-33-32(38)29(7-2)34(21-25-12-10-9-11-23(25)3)31(37)22-35(26-14-16-27(43-5)17-15-26)44(41,42)28-18-13-24(4)30(20-28)36(39)40/h9-18,20,29H,6-8,19,21-22H2,1-5H3,(H,33,38)/t29-/m0/s1. The van der Waals surface area contributed by atoms with E-state index in [-0.39, 0.29) is 28.7 Å². The number of rotatable bonds is 15. The van der Waals surface area contributed by atoms with E-state index < -0.39 is 33.4 Å². The van der Waals surface area contributed by atoms with Crippen molar-refractivity contribution in [3.63, 3.8) is 0 Å². The van der Waals surface area contributed by atoms with Gasteiger partial charge in [0.1, 0.15) is 18.3 Å². The van der Waals surface area contributed by atoms with Gasteiger partial charge in [-0.05, 0) is 68.1 Å². The zero-order valence-electron chi connectivity index (χ0n) is 25.8. The number of nitrogens with zero attached hydrogens (tertiary/aromatic N) is 3. The highest BCUT2D eigenvalue weighted by molar-refractivity contribution is 7.92. The van der Waals surface area contributed by atoms with Gasteiger partial charge in [0.25, 0.3) is 15.7 Å². The summed E-state index contributed by atoms with van der Waals surface area (Å²) < 4.78 is 34.4. The molecule has 0 unspecified atom stereocenters. The third-order valence-corrected chi connectivity index (χ3v) is 9.19. The van der Waals surface area contributed by atoms with Crippen LogP contribution >= 0.6 is 0 Å². The van der Waals surface area contributed by atoms with Crippen LogP contribution in [0.1, 0.15) is 49.8 Å². The van der Waals surface area contributed by atoms with E-state index in [1.165, 1.54) is 43.2 Å². The van der Waals surface area contributed by atoms with Gasteiger partial charge in [-0.2, -0.15) is 0 Å². The van der Waals surface area contributed by atoms with E-state index in [1.807, 2.05) is 38.1 Å². The van der Waals surface area contributed by atoms with E-state index in [0.717, 1.165) is 34.3 Å². The molecule has 11 nitrogen and oxygen atoms in total. The summed E-state index contributed by atoms with van der Waals surface area (Å²) in [7, 11) is -3.02. The van der Waals surface area contributed by atoms with E-state index >= 15 is 0 Å². The predicted molar refractivity (Wildman–Crippen MR) is 169 cm³/mol. The zero-order valence-corrected chi connectivity index (χ0v) is 26.6. The summed E-state index contributed by atoms with van der Waals surface area (Å²) in [5.74, 6) is -0.456. The molecule has 44 heavy (non-hydrogen) atoms. The van der Waals surface area contributed by atoms with Crippen molar-refractivity contribution in [2.75, 3.05) is 24.5 Å². The number of nitrogens with one attached hydrogen (secondary N) is 1. The molecule has 0 spiro atoms. The van der Waals surface area contributed by atoms with E-state index in [2.05, 4.69) is 5.32 Å². The van der Waals surface area contributed by atoms with E-state index in [0.29, 0.717) is 24.3 Å². The highest BCUT2D eigenvalue weighted by Crippen LogP contribution is 2.29. The van der Waals surface area contributed by atoms with Gasteiger partial charge in [0.15, 0.2) is 0 Å². The fourth-order valence-electron chi connectivity index (χ4n) is 4.75. The molecule has 1 N–H and O–H groups in total. The van der Waals surface area contributed by atoms with Crippen LogP contribution in [0, 0.1) is 24.0 Å². The monoisotopic (exact) mass is 624 g/mol. The van der Waals surface area contributed by atoms with Crippen molar-refractivity contribution in [3.8, 4) is 5.75 Å². The molecule has 0 heterocycles. The molecule has 3 aromatic carbocycles. The number of hydrogen-bond donors (Lipinski definition) is 1. The summed E-state index contributed by atoms with van der Waals surface area (Å²) in [6, 6.07) is 16.3. The van der Waals surface area contributed by atoms with Gasteiger partial charge < -0.3 is 15.0 Å². The molecule has 0 saturated heterocycles. The summed E-state index contributed by atoms with van der Waals surface area (Å²) in [5.41, 5.74) is 1.82. The topological polar surface area (TPSA) is 139 Å². The molecule has 236 valence electrons. The molecular weight excluding hydrogens is 584 g/mol. The molecule has 0 aromatic heterocycles. The molecule has 0 bridgehead atoms. The molecule has 0 aliphatic carbocycles. The molecule has 12 heteroatoms. The maximum absolute atomic E-state index is 14.2. The molecular formula is C32H40N4O7S. The average molecular weight is 625 g/mol. The largest absolute Gasteiger partial charge is 0.497 e. The number of ether oxygens (including phenoxy) is 1. The number of methoxy groups -OCH3 is 1. The number of carbonyl (C=O) groups is 2. The molecule has 3 aromatic rings. The SMILES string of the molecule is CCCCNC(=O)[C@H](CC)N(Cc1ccccc1C)C(=O)CN(c1ccc(OC)cc1)S(=O)(=O)c1ccc(C)c([N+](=O)[O-])c1. The number of unbranched alkanes of at least 4 members (excludes halogenated alkanes) is 1. The summed E-state index contributed by atoms with van der Waals surface area (Å²) in [6.45, 7) is 7.10. The highest BCUT2D eigenvalue weighted by atomic mass is 32.2. The number of carbonyl (C=O) groups excluding carboxylic acids is 2. The van der Waals surface area contributed by atoms with Crippen molar-refractivity contribution in [3.05, 3.63) is 93.5 Å². The van der Waals surface area contributed by atoms with Crippen LogP contribution in [0.3, 0.4) is 0 Å². The Morgan fingerprint density at radius 2 is 1.68 bits per heavy atom. The third kappa shape index (κ3) is 8.13. The maximum atomic E-state index is 14.2. The number of hydrogen-bond acceptors (Lipinski definition) is 7. The molecule has 2 amide bonds. The summed E-state index contributed by atoms with van der Waals surface area (Å²) in [4.78, 5) is 39.6. The Hall–Kier alpha value is -4.45. The first-order valence-corrected chi connectivity index (χ1v) is 15.9. The number of nitro benzene ring substituents is 1. The third-order valence-electron chi connectivity index (χ3n) is 7.42. The van der Waals surface area contributed by atoms with Crippen LogP contribution < -0.4 is 14.4 Å². The van der Waals surface area contributed by atoms with Crippen LogP contribution in [-0.2, 0) is 26.2 Å². The minimum absolute atomic E-state index is 0.0811.